The Morgan fingerprint density at radius 3 is 2.42 bits per heavy atom. The van der Waals surface area contributed by atoms with Crippen LogP contribution in [0, 0.1) is 20.8 Å². The van der Waals surface area contributed by atoms with Gasteiger partial charge in [0.2, 0.25) is 0 Å². The zero-order valence-corrected chi connectivity index (χ0v) is 21.2. The average Bonchev–Trinajstić information content (AvgIpc) is 2.79. The Kier molecular flexibility index (Phi) is 9.75. The topological polar surface area (TPSA) is 56.3 Å². The molecule has 3 aromatic rings. The summed E-state index contributed by atoms with van der Waals surface area (Å²) in [6, 6.07) is 17.1. The molecule has 0 N–H and O–H groups in total. The molecule has 1 unspecified atom stereocenters. The van der Waals surface area contributed by atoms with Gasteiger partial charge in [-0.1, -0.05) is 11.5 Å². The van der Waals surface area contributed by atoms with Crippen LogP contribution in [0.2, 0.25) is 0 Å². The first-order chi connectivity index (χ1) is 14.4. The Labute approximate surface area is 205 Å². The molecule has 4 nitrogen and oxygen atoms in total. The predicted octanol–water partition coefficient (Wildman–Crippen LogP) is 2.61. The Hall–Kier alpha value is -1.20. The molecule has 7 heteroatoms. The molecule has 0 saturated heterocycles. The van der Waals surface area contributed by atoms with Crippen molar-refractivity contribution in [3.63, 3.8) is 0 Å². The first kappa shape index (κ1) is 26.1. The molecule has 1 aliphatic rings. The summed E-state index contributed by atoms with van der Waals surface area (Å²) in [5, 5.41) is 1.10. The number of sulfone groups is 1. The van der Waals surface area contributed by atoms with E-state index in [2.05, 4.69) is 75.1 Å². The van der Waals surface area contributed by atoms with Crippen molar-refractivity contribution in [1.82, 2.24) is 4.98 Å². The first-order valence-electron chi connectivity index (χ1n) is 9.65. The van der Waals surface area contributed by atoms with Crippen LogP contribution in [-0.2, 0) is 14.3 Å². The summed E-state index contributed by atoms with van der Waals surface area (Å²) < 4.78 is 29.4. The third-order valence-corrected chi connectivity index (χ3v) is 12.5. The number of pyridine rings is 1. The molecule has 4 rings (SSSR count). The van der Waals surface area contributed by atoms with Crippen LogP contribution in [0.3, 0.4) is 0 Å². The molecule has 2 heterocycles. The molecule has 31 heavy (non-hydrogen) atoms. The normalized spacial score (nSPS) is 15.0. The van der Waals surface area contributed by atoms with Gasteiger partial charge in [0.15, 0.2) is 0 Å². The van der Waals surface area contributed by atoms with Gasteiger partial charge in [-0.05, 0) is 0 Å². The van der Waals surface area contributed by atoms with Gasteiger partial charge in [-0.25, -0.2) is 8.42 Å². The van der Waals surface area contributed by atoms with E-state index in [1.807, 2.05) is 12.3 Å². The number of ether oxygens (including phenoxy) is 1. The van der Waals surface area contributed by atoms with Gasteiger partial charge in [0.1, 0.15) is 0 Å². The van der Waals surface area contributed by atoms with Crippen molar-refractivity contribution >= 4 is 40.6 Å². The molecule has 0 radical (unpaired) electrons. The maximum absolute atomic E-state index is 10.2. The van der Waals surface area contributed by atoms with Crippen molar-refractivity contribution in [2.75, 3.05) is 16.1 Å². The maximum atomic E-state index is 10.2. The molecular weight excluding hydrogens is 516 g/mol. The largest absolute Gasteiger partial charge is 1.00 e. The second-order valence-electron chi connectivity index (χ2n) is 6.99. The maximum Gasteiger partial charge on any atom is 1.00 e. The molecule has 162 valence electrons. The number of hydrogen-bond acceptors (Lipinski definition) is 4. The van der Waals surface area contributed by atoms with Crippen LogP contribution in [0.15, 0.2) is 54.7 Å². The SMILES string of the molecule is [CH2-]CS(=O)(=O)C[CH2-].[CH2-]c1cc2c(c3ncccc13)OCI(C(C)c1ccccc1)C2.[Li+]. The number of halogens is 1. The monoisotopic (exact) mass is 543 g/mol. The van der Waals surface area contributed by atoms with Crippen molar-refractivity contribution < 1.29 is 32.0 Å². The van der Waals surface area contributed by atoms with Crippen LogP contribution in [0.1, 0.15) is 27.5 Å². The number of fused-ring (bicyclic) bond motifs is 3. The Bertz CT molecular complexity index is 1100. The number of nitrogens with zero attached hydrogens (tertiary/aromatic N) is 1. The number of rotatable bonds is 4. The van der Waals surface area contributed by atoms with E-state index in [0.717, 1.165) is 26.8 Å². The van der Waals surface area contributed by atoms with E-state index in [1.54, 1.807) is 0 Å². The van der Waals surface area contributed by atoms with Crippen LogP contribution in [0.4, 0.5) is 0 Å². The zero-order valence-electron chi connectivity index (χ0n) is 18.2. The minimum atomic E-state index is -2.88. The summed E-state index contributed by atoms with van der Waals surface area (Å²) in [4.78, 5) is 4.54. The summed E-state index contributed by atoms with van der Waals surface area (Å²) >= 11 is -1.26. The summed E-state index contributed by atoms with van der Waals surface area (Å²) in [6.45, 7) is 13.0. The molecule has 1 aromatic heterocycles. The van der Waals surface area contributed by atoms with E-state index in [4.69, 9.17) is 4.74 Å². The summed E-state index contributed by atoms with van der Waals surface area (Å²) in [5.74, 6) is 0.898. The quantitative estimate of drug-likeness (QED) is 0.220. The van der Waals surface area contributed by atoms with Gasteiger partial charge in [0, 0.05) is 0 Å². The number of alkyl halides is 3. The first-order valence-corrected chi connectivity index (χ1v) is 15.8. The number of hydrogen-bond donors (Lipinski definition) is 0. The number of aromatic nitrogens is 1. The predicted molar refractivity (Wildman–Crippen MR) is 134 cm³/mol. The zero-order chi connectivity index (χ0) is 21.7. The second kappa shape index (κ2) is 11.6. The molecule has 0 fully saturated rings. The Morgan fingerprint density at radius 2 is 1.81 bits per heavy atom. The second-order valence-corrected chi connectivity index (χ2v) is 15.4. The van der Waals surface area contributed by atoms with Crippen molar-refractivity contribution in [3.05, 3.63) is 92.2 Å². The van der Waals surface area contributed by atoms with Crippen LogP contribution < -0.4 is 23.6 Å². The fraction of sp³-hybridized carbons (Fsp3) is 0.250. The van der Waals surface area contributed by atoms with Crippen molar-refractivity contribution in [2.24, 2.45) is 0 Å². The van der Waals surface area contributed by atoms with E-state index in [1.165, 1.54) is 15.6 Å². The Morgan fingerprint density at radius 1 is 1.13 bits per heavy atom. The van der Waals surface area contributed by atoms with Gasteiger partial charge in [-0.2, -0.15) is 0 Å². The summed E-state index contributed by atoms with van der Waals surface area (Å²) in [7, 11) is -2.88. The van der Waals surface area contributed by atoms with Gasteiger partial charge in [0.05, 0.1) is 9.84 Å². The third-order valence-electron chi connectivity index (χ3n) is 5.01. The van der Waals surface area contributed by atoms with E-state index >= 15 is 0 Å². The third kappa shape index (κ3) is 6.41. The molecule has 0 aliphatic carbocycles. The molecule has 0 bridgehead atoms. The van der Waals surface area contributed by atoms with Crippen LogP contribution in [-0.4, -0.2) is 29.5 Å². The molecule has 1 atom stereocenters. The van der Waals surface area contributed by atoms with Gasteiger partial charge in [0.25, 0.3) is 0 Å². The Balaban J connectivity index is 0.000000373. The fourth-order valence-corrected chi connectivity index (χ4v) is 8.56. The van der Waals surface area contributed by atoms with Crippen LogP contribution in [0.25, 0.3) is 10.9 Å². The molecule has 0 spiro atoms. The van der Waals surface area contributed by atoms with Gasteiger partial charge < -0.3 is 13.8 Å². The van der Waals surface area contributed by atoms with Gasteiger partial charge in [-0.15, -0.1) is 0 Å². The van der Waals surface area contributed by atoms with E-state index < -0.39 is 29.7 Å². The van der Waals surface area contributed by atoms with Crippen molar-refractivity contribution in [2.45, 2.75) is 15.3 Å². The van der Waals surface area contributed by atoms with Crippen LogP contribution >= 0.6 is 19.8 Å². The summed E-state index contributed by atoms with van der Waals surface area (Å²) in [5.41, 5.74) is 4.78. The molecule has 2 aromatic carbocycles. The van der Waals surface area contributed by atoms with E-state index in [0.29, 0.717) is 3.92 Å². The fourth-order valence-electron chi connectivity index (χ4n) is 3.17. The van der Waals surface area contributed by atoms with E-state index in [9.17, 15) is 8.42 Å². The molecular formula is C24H27ILiNO3S-2. The molecule has 1 aliphatic heterocycles. The van der Waals surface area contributed by atoms with Crippen LogP contribution in [0.5, 0.6) is 5.75 Å². The van der Waals surface area contributed by atoms with Crippen molar-refractivity contribution in [1.29, 1.82) is 0 Å². The number of benzene rings is 2. The smallest absolute Gasteiger partial charge is 1.00 e. The summed E-state index contributed by atoms with van der Waals surface area (Å²) in [6.07, 6.45) is 1.84. The average molecular weight is 543 g/mol. The van der Waals surface area contributed by atoms with Crippen molar-refractivity contribution in [3.8, 4) is 5.75 Å². The van der Waals surface area contributed by atoms with E-state index in [-0.39, 0.29) is 30.4 Å². The standard InChI is InChI=1S/C20H19INO.C4H8O2S.Li/c1-14-11-17-12-21(15(2)16-7-4-3-5-8-16)13-23-20(17)19-18(14)9-6-10-22-19;1-3-7(5,6)4-2;/h3-11,15H,1,12-13H2,2H3;1-4H2;/q-1;-2;+1. The van der Waals surface area contributed by atoms with Gasteiger partial charge in [-0.3, -0.25) is 0 Å². The molecule has 0 saturated carbocycles. The minimum Gasteiger partial charge on any atom is 1.00 e. The minimum absolute atomic E-state index is 0. The molecule has 0 amide bonds. The van der Waals surface area contributed by atoms with Gasteiger partial charge >= 0.3 is 163 Å².